The maximum Gasteiger partial charge on any atom is 0.495 e. The molecule has 0 saturated carbocycles. The Bertz CT molecular complexity index is 567. The van der Waals surface area contributed by atoms with Crippen LogP contribution >= 0.6 is 0 Å². The van der Waals surface area contributed by atoms with Crippen LogP contribution in [0.25, 0.3) is 0 Å². The first-order chi connectivity index (χ1) is 11.2. The molecule has 0 bridgehead atoms. The molecule has 6 heteroatoms. The van der Waals surface area contributed by atoms with Crippen LogP contribution in [0.15, 0.2) is 18.3 Å². The first-order valence-electron chi connectivity index (χ1n) is 8.92. The fourth-order valence-corrected chi connectivity index (χ4v) is 3.34. The minimum absolute atomic E-state index is 0.314. The highest BCUT2D eigenvalue weighted by molar-refractivity contribution is 6.62. The summed E-state index contributed by atoms with van der Waals surface area (Å²) >= 11 is 0. The topological polar surface area (TPSA) is 37.8 Å². The molecule has 2 saturated heterocycles. The molecule has 1 aromatic rings. The summed E-state index contributed by atoms with van der Waals surface area (Å²) in [5.74, 6) is 1.03. The number of aromatic nitrogens is 1. The van der Waals surface area contributed by atoms with Crippen LogP contribution in [-0.2, 0) is 9.31 Å². The lowest BCUT2D eigenvalue weighted by Gasteiger charge is -2.36. The third kappa shape index (κ3) is 3.32. The fourth-order valence-electron chi connectivity index (χ4n) is 3.34. The second-order valence-corrected chi connectivity index (χ2v) is 8.22. The number of nitrogens with zero attached hydrogens (tertiary/aromatic N) is 3. The maximum atomic E-state index is 6.17. The van der Waals surface area contributed by atoms with Crippen molar-refractivity contribution >= 4 is 18.4 Å². The molecule has 0 spiro atoms. The van der Waals surface area contributed by atoms with E-state index in [1.165, 1.54) is 12.8 Å². The molecule has 1 aromatic heterocycles. The van der Waals surface area contributed by atoms with E-state index in [4.69, 9.17) is 9.31 Å². The SMILES string of the molecule is CN(C)C1CCN(c2cc(B3OC(C)(C)C(C)(C)O3)ccn2)CC1. The highest BCUT2D eigenvalue weighted by Crippen LogP contribution is 2.36. The molecule has 24 heavy (non-hydrogen) atoms. The summed E-state index contributed by atoms with van der Waals surface area (Å²) in [5.41, 5.74) is 0.421. The average molecular weight is 331 g/mol. The molecule has 3 rings (SSSR count). The molecule has 0 aliphatic carbocycles. The lowest BCUT2D eigenvalue weighted by molar-refractivity contribution is 0.00578. The van der Waals surface area contributed by atoms with E-state index in [1.807, 2.05) is 12.3 Å². The van der Waals surface area contributed by atoms with E-state index in [2.05, 4.69) is 62.6 Å². The molecule has 0 amide bonds. The van der Waals surface area contributed by atoms with Crippen molar-refractivity contribution in [3.63, 3.8) is 0 Å². The third-order valence-electron chi connectivity index (χ3n) is 5.81. The predicted octanol–water partition coefficient (Wildman–Crippen LogP) is 1.91. The Balaban J connectivity index is 1.72. The van der Waals surface area contributed by atoms with Gasteiger partial charge in [-0.1, -0.05) is 0 Å². The molecule has 3 heterocycles. The lowest BCUT2D eigenvalue weighted by Crippen LogP contribution is -2.43. The Morgan fingerprint density at radius 2 is 1.71 bits per heavy atom. The van der Waals surface area contributed by atoms with Crippen LogP contribution < -0.4 is 10.4 Å². The fraction of sp³-hybridized carbons (Fsp3) is 0.722. The predicted molar refractivity (Wildman–Crippen MR) is 98.9 cm³/mol. The molecule has 2 aliphatic heterocycles. The van der Waals surface area contributed by atoms with Gasteiger partial charge < -0.3 is 19.1 Å². The Kier molecular flexibility index (Phi) is 4.66. The molecular formula is C18H30BN3O2. The van der Waals surface area contributed by atoms with Crippen LogP contribution in [0.3, 0.4) is 0 Å². The van der Waals surface area contributed by atoms with Gasteiger partial charge in [0.25, 0.3) is 0 Å². The van der Waals surface area contributed by atoms with Crippen LogP contribution in [0.2, 0.25) is 0 Å². The molecular weight excluding hydrogens is 301 g/mol. The van der Waals surface area contributed by atoms with Gasteiger partial charge in [-0.05, 0) is 72.2 Å². The normalized spacial score (nSPS) is 24.0. The smallest absolute Gasteiger partial charge is 0.399 e. The zero-order valence-electron chi connectivity index (χ0n) is 15.9. The zero-order chi connectivity index (χ0) is 17.5. The molecule has 0 unspecified atom stereocenters. The second kappa shape index (κ2) is 6.32. The van der Waals surface area contributed by atoms with Gasteiger partial charge in [-0.25, -0.2) is 4.98 Å². The van der Waals surface area contributed by atoms with E-state index in [1.54, 1.807) is 0 Å². The summed E-state index contributed by atoms with van der Waals surface area (Å²) in [6.45, 7) is 10.4. The Morgan fingerprint density at radius 1 is 1.12 bits per heavy atom. The minimum atomic E-state index is -0.323. The van der Waals surface area contributed by atoms with Crippen molar-refractivity contribution < 1.29 is 9.31 Å². The van der Waals surface area contributed by atoms with Crippen molar-refractivity contribution in [2.75, 3.05) is 32.1 Å². The van der Waals surface area contributed by atoms with Gasteiger partial charge in [0.05, 0.1) is 11.2 Å². The molecule has 132 valence electrons. The number of anilines is 1. The number of rotatable bonds is 3. The lowest BCUT2D eigenvalue weighted by atomic mass is 9.79. The average Bonchev–Trinajstić information content (AvgIpc) is 2.76. The third-order valence-corrected chi connectivity index (χ3v) is 5.81. The van der Waals surface area contributed by atoms with Gasteiger partial charge in [0.1, 0.15) is 5.82 Å². The van der Waals surface area contributed by atoms with Gasteiger partial charge >= 0.3 is 7.12 Å². The maximum absolute atomic E-state index is 6.17. The van der Waals surface area contributed by atoms with Crippen molar-refractivity contribution in [2.24, 2.45) is 0 Å². The van der Waals surface area contributed by atoms with Crippen molar-refractivity contribution in [1.29, 1.82) is 0 Å². The highest BCUT2D eigenvalue weighted by atomic mass is 16.7. The largest absolute Gasteiger partial charge is 0.495 e. The van der Waals surface area contributed by atoms with Crippen LogP contribution in [0, 0.1) is 0 Å². The Morgan fingerprint density at radius 3 is 2.25 bits per heavy atom. The quantitative estimate of drug-likeness (QED) is 0.791. The number of hydrogen-bond donors (Lipinski definition) is 0. The van der Waals surface area contributed by atoms with Gasteiger partial charge in [0, 0.05) is 25.3 Å². The minimum Gasteiger partial charge on any atom is -0.399 e. The first-order valence-corrected chi connectivity index (χ1v) is 8.92. The van der Waals surface area contributed by atoms with Crippen LogP contribution in [0.4, 0.5) is 5.82 Å². The Hall–Kier alpha value is -1.11. The molecule has 5 nitrogen and oxygen atoms in total. The molecule has 0 atom stereocenters. The van der Waals surface area contributed by atoms with E-state index in [0.29, 0.717) is 6.04 Å². The van der Waals surface area contributed by atoms with Crippen molar-refractivity contribution in [3.05, 3.63) is 18.3 Å². The zero-order valence-corrected chi connectivity index (χ0v) is 15.9. The van der Waals surface area contributed by atoms with Gasteiger partial charge in [0.2, 0.25) is 0 Å². The van der Waals surface area contributed by atoms with Crippen LogP contribution in [0.5, 0.6) is 0 Å². The molecule has 0 N–H and O–H groups in total. The van der Waals surface area contributed by atoms with Crippen molar-refractivity contribution in [1.82, 2.24) is 9.88 Å². The summed E-state index contributed by atoms with van der Waals surface area (Å²) < 4.78 is 12.3. The second-order valence-electron chi connectivity index (χ2n) is 8.22. The van der Waals surface area contributed by atoms with E-state index in [9.17, 15) is 0 Å². The summed E-state index contributed by atoms with van der Waals surface area (Å²) in [5, 5.41) is 0. The molecule has 2 aliphatic rings. The van der Waals surface area contributed by atoms with Crippen molar-refractivity contribution in [2.45, 2.75) is 57.8 Å². The highest BCUT2D eigenvalue weighted by Gasteiger charge is 2.51. The Labute approximate surface area is 146 Å². The van der Waals surface area contributed by atoms with E-state index in [-0.39, 0.29) is 18.3 Å². The number of pyridine rings is 1. The molecule has 0 radical (unpaired) electrons. The first kappa shape index (κ1) is 17.7. The van der Waals surface area contributed by atoms with Crippen LogP contribution in [-0.4, -0.2) is 61.4 Å². The van der Waals surface area contributed by atoms with Gasteiger partial charge in [-0.2, -0.15) is 0 Å². The van der Waals surface area contributed by atoms with Gasteiger partial charge in [-0.15, -0.1) is 0 Å². The summed E-state index contributed by atoms with van der Waals surface area (Å²) in [4.78, 5) is 9.27. The van der Waals surface area contributed by atoms with Gasteiger partial charge in [0.15, 0.2) is 0 Å². The van der Waals surface area contributed by atoms with Crippen LogP contribution in [0.1, 0.15) is 40.5 Å². The standard InChI is InChI=1S/C18H30BN3O2/c1-17(2)18(3,4)24-19(23-17)14-7-10-20-16(13-14)22-11-8-15(9-12-22)21(5)6/h7,10,13,15H,8-9,11-12H2,1-6H3. The van der Waals surface area contributed by atoms with E-state index in [0.717, 1.165) is 24.4 Å². The van der Waals surface area contributed by atoms with E-state index >= 15 is 0 Å². The van der Waals surface area contributed by atoms with Gasteiger partial charge in [-0.3, -0.25) is 0 Å². The number of piperidine rings is 1. The summed E-state index contributed by atoms with van der Waals surface area (Å²) in [6.07, 6.45) is 4.22. The molecule has 2 fully saturated rings. The number of hydrogen-bond acceptors (Lipinski definition) is 5. The summed E-state index contributed by atoms with van der Waals surface area (Å²) in [7, 11) is 4.01. The monoisotopic (exact) mass is 331 g/mol. The molecule has 0 aromatic carbocycles. The van der Waals surface area contributed by atoms with E-state index < -0.39 is 0 Å². The van der Waals surface area contributed by atoms with Crippen molar-refractivity contribution in [3.8, 4) is 0 Å². The summed E-state index contributed by atoms with van der Waals surface area (Å²) in [6, 6.07) is 4.80.